The first kappa shape index (κ1) is 21.1. The highest BCUT2D eigenvalue weighted by molar-refractivity contribution is 7.13. The Kier molecular flexibility index (Phi) is 7.94. The van der Waals surface area contributed by atoms with Crippen LogP contribution in [0.4, 0.5) is 0 Å². The van der Waals surface area contributed by atoms with Gasteiger partial charge in [0.25, 0.3) is 0 Å². The van der Waals surface area contributed by atoms with Crippen LogP contribution in [0.5, 0.6) is 0 Å². The van der Waals surface area contributed by atoms with Crippen molar-refractivity contribution in [3.63, 3.8) is 0 Å². The summed E-state index contributed by atoms with van der Waals surface area (Å²) in [4.78, 5) is 28.5. The summed E-state index contributed by atoms with van der Waals surface area (Å²) in [7, 11) is 0. The molecule has 0 aliphatic carbocycles. The summed E-state index contributed by atoms with van der Waals surface area (Å²) in [5, 5.41) is 15.2. The highest BCUT2D eigenvalue weighted by Crippen LogP contribution is 2.24. The van der Waals surface area contributed by atoms with Gasteiger partial charge in [-0.05, 0) is 19.3 Å². The zero-order valence-electron chi connectivity index (χ0n) is 15.8. The predicted molar refractivity (Wildman–Crippen MR) is 106 cm³/mol. The van der Waals surface area contributed by atoms with Gasteiger partial charge in [0.05, 0.1) is 12.3 Å². The third kappa shape index (κ3) is 6.45. The number of rotatable bonds is 10. The summed E-state index contributed by atoms with van der Waals surface area (Å²) >= 11 is 1.50. The van der Waals surface area contributed by atoms with Crippen LogP contribution in [0.3, 0.4) is 0 Å². The van der Waals surface area contributed by atoms with Crippen molar-refractivity contribution in [1.29, 1.82) is 0 Å². The van der Waals surface area contributed by atoms with Crippen molar-refractivity contribution < 1.29 is 19.4 Å². The fourth-order valence-electron chi connectivity index (χ4n) is 2.73. The Bertz CT molecular complexity index is 745. The van der Waals surface area contributed by atoms with Gasteiger partial charge in [0, 0.05) is 17.4 Å². The molecule has 146 valence electrons. The minimum Gasteiger partial charge on any atom is -0.480 e. The summed E-state index contributed by atoms with van der Waals surface area (Å²) in [6, 6.07) is 8.23. The van der Waals surface area contributed by atoms with Gasteiger partial charge in [-0.1, -0.05) is 44.2 Å². The number of carbonyl (C=O) groups is 2. The number of carboxylic acids is 1. The summed E-state index contributed by atoms with van der Waals surface area (Å²) in [5.74, 6) is -1.24. The van der Waals surface area contributed by atoms with E-state index in [1.807, 2.05) is 49.6 Å². The number of carbonyl (C=O) groups excluding carboxylic acids is 1. The van der Waals surface area contributed by atoms with Crippen molar-refractivity contribution in [3.8, 4) is 10.6 Å². The van der Waals surface area contributed by atoms with Crippen LogP contribution >= 0.6 is 11.3 Å². The van der Waals surface area contributed by atoms with Crippen molar-refractivity contribution in [2.45, 2.75) is 45.7 Å². The van der Waals surface area contributed by atoms with E-state index in [-0.39, 0.29) is 18.9 Å². The number of thiazole rings is 1. The molecule has 0 saturated heterocycles. The molecule has 7 heteroatoms. The third-order valence-electron chi connectivity index (χ3n) is 3.96. The Morgan fingerprint density at radius 1 is 1.22 bits per heavy atom. The maximum Gasteiger partial charge on any atom is 0.323 e. The molecule has 2 aromatic rings. The van der Waals surface area contributed by atoms with E-state index in [0.29, 0.717) is 6.42 Å². The topological polar surface area (TPSA) is 88.5 Å². The second-order valence-corrected chi connectivity index (χ2v) is 7.56. The SMILES string of the molecule is CCOC(=O)C(Cc1csc(-c2ccccc2)n1)NC(CC(C)C)C(=O)O. The maximum absolute atomic E-state index is 12.4. The molecule has 2 rings (SSSR count). The Labute approximate surface area is 163 Å². The average Bonchev–Trinajstić information content (AvgIpc) is 3.09. The largest absolute Gasteiger partial charge is 0.480 e. The van der Waals surface area contributed by atoms with Crippen molar-refractivity contribution in [3.05, 3.63) is 41.4 Å². The number of benzene rings is 1. The van der Waals surface area contributed by atoms with Gasteiger partial charge in [0.15, 0.2) is 0 Å². The number of aromatic nitrogens is 1. The van der Waals surface area contributed by atoms with Gasteiger partial charge < -0.3 is 9.84 Å². The lowest BCUT2D eigenvalue weighted by Gasteiger charge is -2.22. The number of nitrogens with zero attached hydrogens (tertiary/aromatic N) is 1. The van der Waals surface area contributed by atoms with E-state index in [1.165, 1.54) is 11.3 Å². The molecule has 1 heterocycles. The molecule has 0 aliphatic heterocycles. The van der Waals surface area contributed by atoms with E-state index >= 15 is 0 Å². The van der Waals surface area contributed by atoms with E-state index in [2.05, 4.69) is 10.3 Å². The number of aliphatic carboxylic acids is 1. The smallest absolute Gasteiger partial charge is 0.323 e. The molecule has 2 N–H and O–H groups in total. The van der Waals surface area contributed by atoms with Crippen LogP contribution in [0.15, 0.2) is 35.7 Å². The molecule has 1 aromatic heterocycles. The highest BCUT2D eigenvalue weighted by Gasteiger charge is 2.28. The van der Waals surface area contributed by atoms with Crippen molar-refractivity contribution >= 4 is 23.3 Å². The summed E-state index contributed by atoms with van der Waals surface area (Å²) in [6.07, 6.45) is 0.710. The van der Waals surface area contributed by atoms with Crippen LogP contribution < -0.4 is 5.32 Å². The second kappa shape index (κ2) is 10.2. The molecule has 0 spiro atoms. The zero-order chi connectivity index (χ0) is 19.8. The Morgan fingerprint density at radius 2 is 1.93 bits per heavy atom. The molecule has 6 nitrogen and oxygen atoms in total. The third-order valence-corrected chi connectivity index (χ3v) is 4.90. The molecule has 0 bridgehead atoms. The highest BCUT2D eigenvalue weighted by atomic mass is 32.1. The van der Waals surface area contributed by atoms with E-state index in [1.54, 1.807) is 6.92 Å². The zero-order valence-corrected chi connectivity index (χ0v) is 16.7. The maximum atomic E-state index is 12.4. The summed E-state index contributed by atoms with van der Waals surface area (Å²) in [6.45, 7) is 5.87. The standard InChI is InChI=1S/C20H26N2O4S/c1-4-26-20(25)17(22-16(19(23)24)10-13(2)3)11-15-12-27-18(21-15)14-8-6-5-7-9-14/h5-9,12-13,16-17,22H,4,10-11H2,1-3H3,(H,23,24). The molecule has 2 atom stereocenters. The molecule has 27 heavy (non-hydrogen) atoms. The first-order chi connectivity index (χ1) is 12.9. The fourth-order valence-corrected chi connectivity index (χ4v) is 3.57. The minimum absolute atomic E-state index is 0.186. The molecular formula is C20H26N2O4S. The monoisotopic (exact) mass is 390 g/mol. The van der Waals surface area contributed by atoms with E-state index in [9.17, 15) is 14.7 Å². The van der Waals surface area contributed by atoms with Crippen LogP contribution in [0, 0.1) is 5.92 Å². The molecule has 2 unspecified atom stereocenters. The molecule has 0 radical (unpaired) electrons. The molecule has 0 saturated carbocycles. The van der Waals surface area contributed by atoms with E-state index in [0.717, 1.165) is 16.3 Å². The van der Waals surface area contributed by atoms with Gasteiger partial charge >= 0.3 is 11.9 Å². The first-order valence-electron chi connectivity index (χ1n) is 9.06. The quantitative estimate of drug-likeness (QED) is 0.605. The Hall–Kier alpha value is -2.25. The van der Waals surface area contributed by atoms with E-state index < -0.39 is 24.0 Å². The number of nitrogens with one attached hydrogen (secondary N) is 1. The molecular weight excluding hydrogens is 364 g/mol. The lowest BCUT2D eigenvalue weighted by Crippen LogP contribution is -2.49. The Balaban J connectivity index is 2.16. The van der Waals surface area contributed by atoms with Gasteiger partial charge in [0.1, 0.15) is 17.1 Å². The van der Waals surface area contributed by atoms with Crippen LogP contribution in [0.2, 0.25) is 0 Å². The van der Waals surface area contributed by atoms with Crippen LogP contribution in [0.25, 0.3) is 10.6 Å². The first-order valence-corrected chi connectivity index (χ1v) is 9.94. The fraction of sp³-hybridized carbons (Fsp3) is 0.450. The normalized spacial score (nSPS) is 13.3. The lowest BCUT2D eigenvalue weighted by atomic mass is 10.0. The van der Waals surface area contributed by atoms with Crippen molar-refractivity contribution in [1.82, 2.24) is 10.3 Å². The van der Waals surface area contributed by atoms with Gasteiger partial charge in [-0.2, -0.15) is 0 Å². The second-order valence-electron chi connectivity index (χ2n) is 6.71. The lowest BCUT2D eigenvalue weighted by molar-refractivity contribution is -0.147. The summed E-state index contributed by atoms with van der Waals surface area (Å²) in [5.41, 5.74) is 1.75. The minimum atomic E-state index is -0.971. The molecule has 0 amide bonds. The number of carboxylic acid groups (broad SMARTS) is 1. The van der Waals surface area contributed by atoms with Crippen LogP contribution in [-0.2, 0) is 20.7 Å². The van der Waals surface area contributed by atoms with Crippen LogP contribution in [-0.4, -0.2) is 40.7 Å². The van der Waals surface area contributed by atoms with Gasteiger partial charge in [-0.3, -0.25) is 14.9 Å². The number of esters is 1. The molecule has 0 aliphatic rings. The van der Waals surface area contributed by atoms with Gasteiger partial charge in [-0.25, -0.2) is 4.98 Å². The predicted octanol–water partition coefficient (Wildman–Crippen LogP) is 3.37. The van der Waals surface area contributed by atoms with Gasteiger partial charge in [-0.15, -0.1) is 11.3 Å². The molecule has 1 aromatic carbocycles. The molecule has 0 fully saturated rings. The van der Waals surface area contributed by atoms with Crippen molar-refractivity contribution in [2.75, 3.05) is 6.61 Å². The average molecular weight is 391 g/mol. The number of ether oxygens (including phenoxy) is 1. The van der Waals surface area contributed by atoms with Gasteiger partial charge in [0.2, 0.25) is 0 Å². The van der Waals surface area contributed by atoms with Crippen molar-refractivity contribution in [2.24, 2.45) is 5.92 Å². The van der Waals surface area contributed by atoms with Crippen LogP contribution in [0.1, 0.15) is 32.9 Å². The summed E-state index contributed by atoms with van der Waals surface area (Å²) < 4.78 is 5.13. The van der Waals surface area contributed by atoms with E-state index in [4.69, 9.17) is 4.74 Å². The Morgan fingerprint density at radius 3 is 2.52 bits per heavy atom. The number of hydrogen-bond donors (Lipinski definition) is 2. The number of hydrogen-bond acceptors (Lipinski definition) is 6.